The Hall–Kier alpha value is -2.77. The van der Waals surface area contributed by atoms with Crippen LogP contribution in [0, 0.1) is 0 Å². The monoisotopic (exact) mass is 366 g/mol. The van der Waals surface area contributed by atoms with Crippen LogP contribution in [0.3, 0.4) is 0 Å². The third-order valence-electron chi connectivity index (χ3n) is 3.59. The number of rotatable bonds is 8. The fraction of sp³-hybridized carbons (Fsp3) is 0.389. The van der Waals surface area contributed by atoms with E-state index in [1.165, 1.54) is 13.2 Å². The Morgan fingerprint density at radius 1 is 1.27 bits per heavy atom. The Labute approximate surface area is 151 Å². The number of aryl methyl sites for hydroxylation is 1. The highest BCUT2D eigenvalue weighted by Crippen LogP contribution is 2.25. The van der Waals surface area contributed by atoms with Crippen LogP contribution in [0.25, 0.3) is 0 Å². The van der Waals surface area contributed by atoms with Crippen molar-refractivity contribution in [1.29, 1.82) is 0 Å². The molecular formula is C18H24F2N4O2. The highest BCUT2D eigenvalue weighted by molar-refractivity contribution is 5.79. The van der Waals surface area contributed by atoms with Gasteiger partial charge in [-0.25, -0.2) is 4.99 Å². The summed E-state index contributed by atoms with van der Waals surface area (Å²) in [7, 11) is 3.47. The number of hydrogen-bond donors (Lipinski definition) is 2. The number of guanidine groups is 1. The van der Waals surface area contributed by atoms with Crippen molar-refractivity contribution in [1.82, 2.24) is 15.2 Å². The molecule has 2 aromatic rings. The van der Waals surface area contributed by atoms with Gasteiger partial charge in [-0.3, -0.25) is 0 Å². The van der Waals surface area contributed by atoms with Gasteiger partial charge in [0.05, 0.1) is 13.7 Å². The SMILES string of the molecule is CCNC(=NCc1ccn(C)c1)NCc1cc(OC)ccc1OC(F)F. The lowest BCUT2D eigenvalue weighted by Gasteiger charge is -2.15. The molecule has 26 heavy (non-hydrogen) atoms. The van der Waals surface area contributed by atoms with Gasteiger partial charge in [-0.05, 0) is 36.8 Å². The van der Waals surface area contributed by atoms with E-state index in [1.807, 2.05) is 37.0 Å². The predicted molar refractivity (Wildman–Crippen MR) is 96.7 cm³/mol. The second-order valence-electron chi connectivity index (χ2n) is 5.59. The summed E-state index contributed by atoms with van der Waals surface area (Å²) in [5.74, 6) is 1.25. The maximum atomic E-state index is 12.6. The summed E-state index contributed by atoms with van der Waals surface area (Å²) in [6.45, 7) is 0.520. The summed E-state index contributed by atoms with van der Waals surface area (Å²) < 4.78 is 36.9. The van der Waals surface area contributed by atoms with E-state index in [1.54, 1.807) is 12.1 Å². The second kappa shape index (κ2) is 9.65. The van der Waals surface area contributed by atoms with Crippen molar-refractivity contribution in [3.63, 3.8) is 0 Å². The summed E-state index contributed by atoms with van der Waals surface area (Å²) in [6.07, 6.45) is 3.94. The van der Waals surface area contributed by atoms with E-state index in [-0.39, 0.29) is 12.3 Å². The fourth-order valence-electron chi connectivity index (χ4n) is 2.38. The van der Waals surface area contributed by atoms with Gasteiger partial charge in [-0.2, -0.15) is 8.78 Å². The van der Waals surface area contributed by atoms with E-state index in [0.29, 0.717) is 30.4 Å². The third-order valence-corrected chi connectivity index (χ3v) is 3.59. The quantitative estimate of drug-likeness (QED) is 0.557. The Morgan fingerprint density at radius 3 is 2.69 bits per heavy atom. The maximum absolute atomic E-state index is 12.6. The van der Waals surface area contributed by atoms with Crippen LogP contribution in [-0.2, 0) is 20.1 Å². The lowest BCUT2D eigenvalue weighted by molar-refractivity contribution is -0.0504. The minimum absolute atomic E-state index is 0.104. The van der Waals surface area contributed by atoms with E-state index >= 15 is 0 Å². The fourth-order valence-corrected chi connectivity index (χ4v) is 2.38. The average molecular weight is 366 g/mol. The number of halogens is 2. The molecule has 1 aromatic carbocycles. The zero-order valence-electron chi connectivity index (χ0n) is 15.1. The van der Waals surface area contributed by atoms with Gasteiger partial charge in [0.25, 0.3) is 0 Å². The number of nitrogens with one attached hydrogen (secondary N) is 2. The normalized spacial score (nSPS) is 11.5. The lowest BCUT2D eigenvalue weighted by atomic mass is 10.2. The molecule has 0 aliphatic carbocycles. The molecule has 0 bridgehead atoms. The first-order chi connectivity index (χ1) is 12.5. The molecule has 0 aliphatic heterocycles. The second-order valence-corrected chi connectivity index (χ2v) is 5.59. The summed E-state index contributed by atoms with van der Waals surface area (Å²) in [5.41, 5.74) is 1.63. The third kappa shape index (κ3) is 5.94. The van der Waals surface area contributed by atoms with Gasteiger partial charge in [0.2, 0.25) is 0 Å². The molecule has 0 saturated heterocycles. The number of methoxy groups -OCH3 is 1. The van der Waals surface area contributed by atoms with Crippen molar-refractivity contribution in [2.45, 2.75) is 26.6 Å². The number of aromatic nitrogens is 1. The van der Waals surface area contributed by atoms with E-state index in [0.717, 1.165) is 5.56 Å². The number of ether oxygens (including phenoxy) is 2. The molecule has 0 spiro atoms. The number of hydrogen-bond acceptors (Lipinski definition) is 3. The summed E-state index contributed by atoms with van der Waals surface area (Å²) in [6, 6.07) is 6.70. The van der Waals surface area contributed by atoms with Gasteiger partial charge in [0, 0.05) is 38.1 Å². The molecule has 0 atom stereocenters. The van der Waals surface area contributed by atoms with Crippen molar-refractivity contribution in [3.05, 3.63) is 47.8 Å². The van der Waals surface area contributed by atoms with Crippen LogP contribution in [0.5, 0.6) is 11.5 Å². The van der Waals surface area contributed by atoms with Crippen LogP contribution in [0.15, 0.2) is 41.7 Å². The van der Waals surface area contributed by atoms with Crippen LogP contribution in [0.2, 0.25) is 0 Å². The zero-order chi connectivity index (χ0) is 18.9. The number of benzene rings is 1. The molecule has 0 aliphatic rings. The molecule has 0 unspecified atom stereocenters. The van der Waals surface area contributed by atoms with Crippen LogP contribution in [0.4, 0.5) is 8.78 Å². The van der Waals surface area contributed by atoms with Crippen LogP contribution in [-0.4, -0.2) is 30.8 Å². The van der Waals surface area contributed by atoms with Crippen LogP contribution >= 0.6 is 0 Å². The molecule has 0 radical (unpaired) electrons. The summed E-state index contributed by atoms with van der Waals surface area (Å²) in [4.78, 5) is 4.51. The molecule has 1 aromatic heterocycles. The van der Waals surface area contributed by atoms with Gasteiger partial charge in [0.1, 0.15) is 11.5 Å². The van der Waals surface area contributed by atoms with Gasteiger partial charge in [0.15, 0.2) is 5.96 Å². The van der Waals surface area contributed by atoms with Crippen molar-refractivity contribution < 1.29 is 18.3 Å². The topological polar surface area (TPSA) is 59.8 Å². The summed E-state index contributed by atoms with van der Waals surface area (Å²) >= 11 is 0. The van der Waals surface area contributed by atoms with Gasteiger partial charge < -0.3 is 24.7 Å². The van der Waals surface area contributed by atoms with E-state index in [2.05, 4.69) is 20.4 Å². The molecule has 1 heterocycles. The molecule has 2 rings (SSSR count). The van der Waals surface area contributed by atoms with E-state index < -0.39 is 6.61 Å². The number of aliphatic imine (C=N–C) groups is 1. The molecule has 2 N–H and O–H groups in total. The molecular weight excluding hydrogens is 342 g/mol. The minimum atomic E-state index is -2.89. The minimum Gasteiger partial charge on any atom is -0.497 e. The molecule has 142 valence electrons. The van der Waals surface area contributed by atoms with Crippen molar-refractivity contribution in [2.24, 2.45) is 12.0 Å². The zero-order valence-corrected chi connectivity index (χ0v) is 15.1. The molecule has 6 nitrogen and oxygen atoms in total. The molecule has 0 fully saturated rings. The Morgan fingerprint density at radius 2 is 2.08 bits per heavy atom. The lowest BCUT2D eigenvalue weighted by Crippen LogP contribution is -2.36. The number of nitrogens with zero attached hydrogens (tertiary/aromatic N) is 2. The Balaban J connectivity index is 2.09. The van der Waals surface area contributed by atoms with Crippen LogP contribution in [0.1, 0.15) is 18.1 Å². The van der Waals surface area contributed by atoms with Gasteiger partial charge in [-0.1, -0.05) is 0 Å². The Kier molecular flexibility index (Phi) is 7.25. The van der Waals surface area contributed by atoms with Crippen LogP contribution < -0.4 is 20.1 Å². The first kappa shape index (κ1) is 19.6. The smallest absolute Gasteiger partial charge is 0.387 e. The number of alkyl halides is 2. The molecule has 0 saturated carbocycles. The van der Waals surface area contributed by atoms with E-state index in [4.69, 9.17) is 4.74 Å². The Bertz CT molecular complexity index is 732. The highest BCUT2D eigenvalue weighted by atomic mass is 19.3. The largest absolute Gasteiger partial charge is 0.497 e. The van der Waals surface area contributed by atoms with Gasteiger partial charge in [-0.15, -0.1) is 0 Å². The van der Waals surface area contributed by atoms with Crippen molar-refractivity contribution in [2.75, 3.05) is 13.7 Å². The molecule has 8 heteroatoms. The van der Waals surface area contributed by atoms with E-state index in [9.17, 15) is 8.78 Å². The maximum Gasteiger partial charge on any atom is 0.387 e. The summed E-state index contributed by atoms with van der Waals surface area (Å²) in [5, 5.41) is 6.26. The predicted octanol–water partition coefficient (Wildman–Crippen LogP) is 2.89. The average Bonchev–Trinajstić information content (AvgIpc) is 3.03. The van der Waals surface area contributed by atoms with Gasteiger partial charge >= 0.3 is 6.61 Å². The first-order valence-electron chi connectivity index (χ1n) is 8.26. The molecule has 0 amide bonds. The van der Waals surface area contributed by atoms with Crippen molar-refractivity contribution in [3.8, 4) is 11.5 Å². The first-order valence-corrected chi connectivity index (χ1v) is 8.26. The standard InChI is InChI=1S/C18H24F2N4O2/c1-4-21-18(22-10-13-7-8-24(2)12-13)23-11-14-9-15(25-3)5-6-16(14)26-17(19)20/h5-9,12,17H,4,10-11H2,1-3H3,(H2,21,22,23). The highest BCUT2D eigenvalue weighted by Gasteiger charge is 2.11. The van der Waals surface area contributed by atoms with Crippen molar-refractivity contribution >= 4 is 5.96 Å².